The Labute approximate surface area is 125 Å². The van der Waals surface area contributed by atoms with Crippen LogP contribution in [-0.4, -0.2) is 0 Å². The molecule has 0 amide bonds. The average molecular weight is 276 g/mol. The molecule has 98 valence electrons. The van der Waals surface area contributed by atoms with Crippen molar-refractivity contribution >= 4 is 12.6 Å². The van der Waals surface area contributed by atoms with Gasteiger partial charge in [0.15, 0.2) is 0 Å². The second-order valence-corrected chi connectivity index (χ2v) is 5.35. The first-order chi connectivity index (χ1) is 9.77. The van der Waals surface area contributed by atoms with E-state index in [-0.39, 0.29) is 0 Å². The first kappa shape index (κ1) is 13.0. The molecule has 1 heteroatoms. The van der Waals surface area contributed by atoms with Crippen LogP contribution in [0.4, 0.5) is 0 Å². The highest BCUT2D eigenvalue weighted by molar-refractivity contribution is 7.80. The van der Waals surface area contributed by atoms with Gasteiger partial charge in [-0.1, -0.05) is 66.7 Å². The Morgan fingerprint density at radius 2 is 1.20 bits per heavy atom. The van der Waals surface area contributed by atoms with E-state index in [1.807, 2.05) is 12.1 Å². The summed E-state index contributed by atoms with van der Waals surface area (Å²) in [6.07, 6.45) is 0. The van der Waals surface area contributed by atoms with Crippen molar-refractivity contribution in [3.8, 4) is 22.3 Å². The summed E-state index contributed by atoms with van der Waals surface area (Å²) in [7, 11) is 0. The van der Waals surface area contributed by atoms with Crippen molar-refractivity contribution in [1.82, 2.24) is 0 Å². The standard InChI is InChI=1S/C19H16S/c1-14-17(15-8-4-2-5-9-15)12-13-18(20)19(14)16-10-6-3-7-11-16/h2-13,20H,1H3. The second kappa shape index (κ2) is 5.56. The van der Waals surface area contributed by atoms with Gasteiger partial charge in [-0.2, -0.15) is 0 Å². The van der Waals surface area contributed by atoms with Crippen LogP contribution in [-0.2, 0) is 0 Å². The van der Waals surface area contributed by atoms with Crippen LogP contribution in [0.5, 0.6) is 0 Å². The minimum absolute atomic E-state index is 1.02. The largest absolute Gasteiger partial charge is 0.143 e. The molecule has 0 aliphatic carbocycles. The van der Waals surface area contributed by atoms with E-state index in [0.29, 0.717) is 0 Å². The lowest BCUT2D eigenvalue weighted by Crippen LogP contribution is -1.90. The highest BCUT2D eigenvalue weighted by atomic mass is 32.1. The monoisotopic (exact) mass is 276 g/mol. The lowest BCUT2D eigenvalue weighted by molar-refractivity contribution is 1.36. The zero-order valence-electron chi connectivity index (χ0n) is 11.4. The molecule has 0 bridgehead atoms. The van der Waals surface area contributed by atoms with Crippen molar-refractivity contribution in [2.24, 2.45) is 0 Å². The molecule has 0 fully saturated rings. The predicted octanol–water partition coefficient (Wildman–Crippen LogP) is 5.62. The summed E-state index contributed by atoms with van der Waals surface area (Å²) in [5, 5.41) is 0. The van der Waals surface area contributed by atoms with Gasteiger partial charge < -0.3 is 0 Å². The maximum atomic E-state index is 4.64. The normalized spacial score (nSPS) is 10.5. The highest BCUT2D eigenvalue weighted by Gasteiger charge is 2.10. The van der Waals surface area contributed by atoms with Gasteiger partial charge >= 0.3 is 0 Å². The van der Waals surface area contributed by atoms with Gasteiger partial charge in [-0.25, -0.2) is 0 Å². The van der Waals surface area contributed by atoms with Gasteiger partial charge in [0.2, 0.25) is 0 Å². The molecule has 0 unspecified atom stereocenters. The second-order valence-electron chi connectivity index (χ2n) is 4.86. The molecule has 0 radical (unpaired) electrons. The van der Waals surface area contributed by atoms with Gasteiger partial charge in [0, 0.05) is 4.90 Å². The molecule has 0 spiro atoms. The van der Waals surface area contributed by atoms with Gasteiger partial charge in [0.25, 0.3) is 0 Å². The van der Waals surface area contributed by atoms with E-state index in [1.165, 1.54) is 27.8 Å². The quantitative estimate of drug-likeness (QED) is 0.577. The fraction of sp³-hybridized carbons (Fsp3) is 0.0526. The first-order valence-corrected chi connectivity index (χ1v) is 7.15. The van der Waals surface area contributed by atoms with Crippen molar-refractivity contribution in [3.63, 3.8) is 0 Å². The molecule has 3 aromatic carbocycles. The van der Waals surface area contributed by atoms with E-state index in [9.17, 15) is 0 Å². The van der Waals surface area contributed by atoms with Crippen LogP contribution in [0.25, 0.3) is 22.3 Å². The van der Waals surface area contributed by atoms with E-state index < -0.39 is 0 Å². The molecule has 20 heavy (non-hydrogen) atoms. The minimum Gasteiger partial charge on any atom is -0.143 e. The van der Waals surface area contributed by atoms with Crippen molar-refractivity contribution in [2.75, 3.05) is 0 Å². The number of thiol groups is 1. The Morgan fingerprint density at radius 3 is 1.80 bits per heavy atom. The third kappa shape index (κ3) is 2.37. The SMILES string of the molecule is Cc1c(-c2ccccc2)ccc(S)c1-c1ccccc1. The summed E-state index contributed by atoms with van der Waals surface area (Å²) in [6.45, 7) is 2.17. The molecule has 0 saturated heterocycles. The fourth-order valence-corrected chi connectivity index (χ4v) is 2.97. The molecule has 0 nitrogen and oxygen atoms in total. The summed E-state index contributed by atoms with van der Waals surface area (Å²) in [5.41, 5.74) is 6.22. The van der Waals surface area contributed by atoms with Gasteiger partial charge in [-0.15, -0.1) is 12.6 Å². The molecule has 3 aromatic rings. The van der Waals surface area contributed by atoms with Crippen LogP contribution in [0.15, 0.2) is 77.7 Å². The Morgan fingerprint density at radius 1 is 0.650 bits per heavy atom. The summed E-state index contributed by atoms with van der Waals surface area (Å²) in [4.78, 5) is 1.02. The smallest absolute Gasteiger partial charge is 0.0122 e. The summed E-state index contributed by atoms with van der Waals surface area (Å²) in [6, 6.07) is 25.2. The van der Waals surface area contributed by atoms with Crippen LogP contribution in [0.2, 0.25) is 0 Å². The molecular weight excluding hydrogens is 260 g/mol. The fourth-order valence-electron chi connectivity index (χ4n) is 2.60. The number of rotatable bonds is 2. The zero-order chi connectivity index (χ0) is 13.9. The van der Waals surface area contributed by atoms with E-state index in [0.717, 1.165) is 4.90 Å². The Bertz CT molecular complexity index is 716. The van der Waals surface area contributed by atoms with Crippen molar-refractivity contribution in [2.45, 2.75) is 11.8 Å². The topological polar surface area (TPSA) is 0 Å². The van der Waals surface area contributed by atoms with Gasteiger partial charge in [0.1, 0.15) is 0 Å². The number of hydrogen-bond acceptors (Lipinski definition) is 1. The summed E-state index contributed by atoms with van der Waals surface area (Å²) in [5.74, 6) is 0. The van der Waals surface area contributed by atoms with E-state index in [1.54, 1.807) is 0 Å². The highest BCUT2D eigenvalue weighted by Crippen LogP contribution is 2.36. The molecule has 0 aromatic heterocycles. The van der Waals surface area contributed by atoms with E-state index >= 15 is 0 Å². The zero-order valence-corrected chi connectivity index (χ0v) is 12.3. The lowest BCUT2D eigenvalue weighted by atomic mass is 9.93. The van der Waals surface area contributed by atoms with Crippen LogP contribution in [0, 0.1) is 6.92 Å². The van der Waals surface area contributed by atoms with Crippen LogP contribution in [0.1, 0.15) is 5.56 Å². The molecule has 0 aliphatic rings. The average Bonchev–Trinajstić information content (AvgIpc) is 2.49. The molecular formula is C19H16S. The maximum Gasteiger partial charge on any atom is 0.0122 e. The van der Waals surface area contributed by atoms with Crippen LogP contribution < -0.4 is 0 Å². The van der Waals surface area contributed by atoms with Gasteiger partial charge in [-0.05, 0) is 40.8 Å². The molecule has 0 N–H and O–H groups in total. The van der Waals surface area contributed by atoms with Crippen LogP contribution >= 0.6 is 12.6 Å². The molecule has 0 saturated carbocycles. The summed E-state index contributed by atoms with van der Waals surface area (Å²) >= 11 is 4.64. The maximum absolute atomic E-state index is 4.64. The van der Waals surface area contributed by atoms with Crippen LogP contribution in [0.3, 0.4) is 0 Å². The van der Waals surface area contributed by atoms with Gasteiger partial charge in [-0.3, -0.25) is 0 Å². The van der Waals surface area contributed by atoms with E-state index in [2.05, 4.69) is 80.2 Å². The Hall–Kier alpha value is -1.99. The molecule has 0 atom stereocenters. The third-order valence-corrected chi connectivity index (χ3v) is 3.96. The Kier molecular flexibility index (Phi) is 3.62. The predicted molar refractivity (Wildman–Crippen MR) is 89.3 cm³/mol. The molecule has 3 rings (SSSR count). The lowest BCUT2D eigenvalue weighted by Gasteiger charge is -2.14. The molecule has 0 aliphatic heterocycles. The van der Waals surface area contributed by atoms with Crippen molar-refractivity contribution in [3.05, 3.63) is 78.4 Å². The molecule has 0 heterocycles. The number of hydrogen-bond donors (Lipinski definition) is 1. The Balaban J connectivity index is 2.22. The minimum atomic E-state index is 1.02. The summed E-state index contributed by atoms with van der Waals surface area (Å²) < 4.78 is 0. The van der Waals surface area contributed by atoms with Gasteiger partial charge in [0.05, 0.1) is 0 Å². The first-order valence-electron chi connectivity index (χ1n) is 6.71. The number of benzene rings is 3. The van der Waals surface area contributed by atoms with Crippen molar-refractivity contribution in [1.29, 1.82) is 0 Å². The van der Waals surface area contributed by atoms with Crippen molar-refractivity contribution < 1.29 is 0 Å². The van der Waals surface area contributed by atoms with E-state index in [4.69, 9.17) is 0 Å². The third-order valence-electron chi connectivity index (χ3n) is 3.59.